The second kappa shape index (κ2) is 10.8. The molecule has 2 saturated heterocycles. The highest BCUT2D eigenvalue weighted by Crippen LogP contribution is 2.66. The summed E-state index contributed by atoms with van der Waals surface area (Å²) in [5, 5.41) is 19.9. The Morgan fingerprint density at radius 3 is 2.11 bits per heavy atom. The Hall–Kier alpha value is -4.04. The fourth-order valence-electron chi connectivity index (χ4n) is 7.32. The number of aromatic hydroxyl groups is 1. The zero-order valence-corrected chi connectivity index (χ0v) is 24.7. The molecule has 6 rings (SSSR count). The lowest BCUT2D eigenvalue weighted by molar-refractivity contribution is -0.142. The number of rotatable bonds is 6. The minimum atomic E-state index is -2.74. The van der Waals surface area contributed by atoms with Crippen molar-refractivity contribution >= 4 is 58.5 Å². The van der Waals surface area contributed by atoms with Gasteiger partial charge in [-0.05, 0) is 31.2 Å². The first-order valence-corrected chi connectivity index (χ1v) is 14.7. The van der Waals surface area contributed by atoms with Crippen molar-refractivity contribution in [1.29, 1.82) is 0 Å². The van der Waals surface area contributed by atoms with Crippen LogP contribution in [0.3, 0.4) is 0 Å². The standard InChI is InChI=1S/C30H21Cl2F5N2O7/c31-29-10-14-11(7-8-13-17(14)26(44)38(25(13)43)9-3-6-16(41)42)18(12-4-1-2-5-15(12)40)30(29,32)28(46)39(27(29)45)24-22(36)20(34)19(33)21(35)23(24)37/h1-2,4-5,7,13-14,17-18,40H,3,6,8-10H2,(H,41,42). The molecule has 9 nitrogen and oxygen atoms in total. The number of hydrogen-bond acceptors (Lipinski definition) is 6. The van der Waals surface area contributed by atoms with Gasteiger partial charge in [0, 0.05) is 24.4 Å². The number of allylic oxidation sites excluding steroid dienone is 2. The number of aliphatic carboxylic acids is 1. The van der Waals surface area contributed by atoms with Crippen molar-refractivity contribution in [2.75, 3.05) is 11.4 Å². The number of carboxylic acid groups (broad SMARTS) is 1. The molecule has 2 N–H and O–H groups in total. The van der Waals surface area contributed by atoms with Crippen LogP contribution in [0.5, 0.6) is 5.75 Å². The summed E-state index contributed by atoms with van der Waals surface area (Å²) in [4.78, 5) is 61.4. The topological polar surface area (TPSA) is 132 Å². The number of imide groups is 2. The van der Waals surface area contributed by atoms with Crippen LogP contribution in [0.1, 0.15) is 37.2 Å². The van der Waals surface area contributed by atoms with Gasteiger partial charge in [-0.2, -0.15) is 0 Å². The summed E-state index contributed by atoms with van der Waals surface area (Å²) in [6, 6.07) is 5.36. The smallest absolute Gasteiger partial charge is 0.303 e. The van der Waals surface area contributed by atoms with E-state index in [0.717, 1.165) is 4.90 Å². The quantitative estimate of drug-likeness (QED) is 0.114. The van der Waals surface area contributed by atoms with E-state index in [0.29, 0.717) is 0 Å². The summed E-state index contributed by atoms with van der Waals surface area (Å²) in [6.45, 7) is -0.223. The molecule has 3 fully saturated rings. The van der Waals surface area contributed by atoms with E-state index in [1.54, 1.807) is 0 Å². The number of fused-ring (bicyclic) bond motifs is 4. The van der Waals surface area contributed by atoms with Gasteiger partial charge in [0.15, 0.2) is 33.0 Å². The first-order chi connectivity index (χ1) is 21.6. The second-order valence-electron chi connectivity index (χ2n) is 11.6. The first-order valence-electron chi connectivity index (χ1n) is 13.9. The van der Waals surface area contributed by atoms with Crippen LogP contribution in [0.4, 0.5) is 27.6 Å². The number of nitrogens with zero attached hydrogens (tertiary/aromatic N) is 2. The molecule has 6 unspecified atom stereocenters. The summed E-state index contributed by atoms with van der Waals surface area (Å²) >= 11 is 14.0. The van der Waals surface area contributed by atoms with E-state index >= 15 is 8.78 Å². The molecule has 2 aromatic rings. The number of phenolic OH excluding ortho intramolecular Hbond substituents is 1. The number of halogens is 7. The molecule has 1 saturated carbocycles. The number of carbonyl (C=O) groups excluding carboxylic acids is 4. The molecule has 4 aliphatic rings. The minimum Gasteiger partial charge on any atom is -0.508 e. The first kappa shape index (κ1) is 31.9. The summed E-state index contributed by atoms with van der Waals surface area (Å²) in [7, 11) is 0. The maximum atomic E-state index is 15.0. The van der Waals surface area contributed by atoms with Gasteiger partial charge in [0.2, 0.25) is 17.6 Å². The van der Waals surface area contributed by atoms with Crippen molar-refractivity contribution in [1.82, 2.24) is 4.90 Å². The molecule has 2 aromatic carbocycles. The van der Waals surface area contributed by atoms with Crippen molar-refractivity contribution in [3.05, 3.63) is 70.6 Å². The van der Waals surface area contributed by atoms with Crippen LogP contribution >= 0.6 is 23.2 Å². The van der Waals surface area contributed by atoms with E-state index in [-0.39, 0.29) is 41.8 Å². The number of likely N-dealkylation sites (tertiary alicyclic amines) is 1. The van der Waals surface area contributed by atoms with Gasteiger partial charge in [-0.25, -0.2) is 26.9 Å². The lowest BCUT2D eigenvalue weighted by Gasteiger charge is -2.50. The van der Waals surface area contributed by atoms with Crippen molar-refractivity contribution in [2.45, 2.75) is 41.3 Å². The van der Waals surface area contributed by atoms with Crippen LogP contribution in [0.15, 0.2) is 35.9 Å². The molecule has 2 aliphatic heterocycles. The number of anilines is 1. The van der Waals surface area contributed by atoms with E-state index in [9.17, 15) is 42.3 Å². The van der Waals surface area contributed by atoms with Crippen molar-refractivity contribution in [3.63, 3.8) is 0 Å². The highest BCUT2D eigenvalue weighted by molar-refractivity contribution is 6.58. The molecule has 0 spiro atoms. The molecule has 16 heteroatoms. The molecule has 2 aliphatic carbocycles. The SMILES string of the molecule is O=C(O)CCCN1C(=O)C2CC=C3C(CC4(Cl)C(=O)N(c5c(F)c(F)c(F)c(F)c5F)C(=O)C4(Cl)C3c3ccccc3O)C2C1=O. The third-order valence-electron chi connectivity index (χ3n) is 9.33. The number of hydrogen-bond donors (Lipinski definition) is 2. The lowest BCUT2D eigenvalue weighted by Crippen LogP contribution is -2.60. The number of amides is 4. The number of carboxylic acids is 1. The van der Waals surface area contributed by atoms with Crippen molar-refractivity contribution in [3.8, 4) is 5.75 Å². The Bertz CT molecular complexity index is 1780. The van der Waals surface area contributed by atoms with Crippen LogP contribution in [-0.4, -0.2) is 61.0 Å². The zero-order valence-electron chi connectivity index (χ0n) is 23.2. The highest BCUT2D eigenvalue weighted by atomic mass is 35.5. The van der Waals surface area contributed by atoms with E-state index in [2.05, 4.69) is 0 Å². The molecule has 6 atom stereocenters. The van der Waals surface area contributed by atoms with E-state index in [4.69, 9.17) is 28.3 Å². The van der Waals surface area contributed by atoms with Crippen LogP contribution in [0.25, 0.3) is 0 Å². The second-order valence-corrected chi connectivity index (χ2v) is 12.8. The molecule has 242 valence electrons. The number of benzene rings is 2. The molecule has 0 bridgehead atoms. The third kappa shape index (κ3) is 4.08. The molecule has 0 radical (unpaired) electrons. The number of phenols is 1. The average molecular weight is 687 g/mol. The summed E-state index contributed by atoms with van der Waals surface area (Å²) in [5.74, 6) is -23.6. The fourth-order valence-corrected chi connectivity index (χ4v) is 8.24. The van der Waals surface area contributed by atoms with Crippen LogP contribution in [-0.2, 0) is 24.0 Å². The molecule has 46 heavy (non-hydrogen) atoms. The molecular formula is C30H21Cl2F5N2O7. The number of carbonyl (C=O) groups is 5. The van der Waals surface area contributed by atoms with Gasteiger partial charge >= 0.3 is 5.97 Å². The van der Waals surface area contributed by atoms with Crippen LogP contribution in [0, 0.1) is 46.8 Å². The normalized spacial score (nSPS) is 30.4. The molecular weight excluding hydrogens is 666 g/mol. The van der Waals surface area contributed by atoms with Crippen LogP contribution in [0.2, 0.25) is 0 Å². The Morgan fingerprint density at radius 2 is 1.50 bits per heavy atom. The maximum absolute atomic E-state index is 15.0. The van der Waals surface area contributed by atoms with Gasteiger partial charge in [-0.1, -0.05) is 29.8 Å². The Labute approximate surface area is 266 Å². The number of para-hydroxylation sites is 1. The zero-order chi connectivity index (χ0) is 33.6. The van der Waals surface area contributed by atoms with E-state index in [1.807, 2.05) is 0 Å². The van der Waals surface area contributed by atoms with Gasteiger partial charge < -0.3 is 10.2 Å². The predicted molar refractivity (Wildman–Crippen MR) is 148 cm³/mol. The molecule has 4 amide bonds. The minimum absolute atomic E-state index is 0.0498. The Kier molecular flexibility index (Phi) is 7.47. The Balaban J connectivity index is 1.53. The highest BCUT2D eigenvalue weighted by Gasteiger charge is 2.77. The molecule has 0 aromatic heterocycles. The lowest BCUT2D eigenvalue weighted by atomic mass is 9.56. The largest absolute Gasteiger partial charge is 0.508 e. The van der Waals surface area contributed by atoms with Crippen molar-refractivity contribution < 1.29 is 56.1 Å². The van der Waals surface area contributed by atoms with Gasteiger partial charge in [-0.15, -0.1) is 23.2 Å². The van der Waals surface area contributed by atoms with Gasteiger partial charge in [0.1, 0.15) is 11.4 Å². The summed E-state index contributed by atoms with van der Waals surface area (Å²) in [6.07, 6.45) is 0.346. The average Bonchev–Trinajstić information content (AvgIpc) is 3.34. The van der Waals surface area contributed by atoms with Gasteiger partial charge in [0.25, 0.3) is 11.8 Å². The van der Waals surface area contributed by atoms with Crippen LogP contribution < -0.4 is 4.90 Å². The monoisotopic (exact) mass is 686 g/mol. The predicted octanol–water partition coefficient (Wildman–Crippen LogP) is 4.52. The third-order valence-corrected chi connectivity index (χ3v) is 10.7. The van der Waals surface area contributed by atoms with E-state index in [1.165, 1.54) is 30.3 Å². The van der Waals surface area contributed by atoms with E-state index < -0.39 is 110 Å². The summed E-state index contributed by atoms with van der Waals surface area (Å²) in [5.41, 5.74) is -1.82. The molecule has 2 heterocycles. The number of alkyl halides is 2. The fraction of sp³-hybridized carbons (Fsp3) is 0.367. The van der Waals surface area contributed by atoms with Gasteiger partial charge in [-0.3, -0.25) is 28.9 Å². The maximum Gasteiger partial charge on any atom is 0.303 e. The summed E-state index contributed by atoms with van der Waals surface area (Å²) < 4.78 is 72.5. The van der Waals surface area contributed by atoms with Gasteiger partial charge in [0.05, 0.1) is 11.8 Å². The Morgan fingerprint density at radius 1 is 0.891 bits per heavy atom. The van der Waals surface area contributed by atoms with Crippen molar-refractivity contribution in [2.24, 2.45) is 17.8 Å².